The van der Waals surface area contributed by atoms with Crippen molar-refractivity contribution in [2.45, 2.75) is 39.0 Å². The zero-order valence-corrected chi connectivity index (χ0v) is 13.3. The van der Waals surface area contributed by atoms with Gasteiger partial charge in [0.25, 0.3) is 0 Å². The van der Waals surface area contributed by atoms with Crippen LogP contribution in [0.2, 0.25) is 0 Å². The molecule has 1 aromatic rings. The van der Waals surface area contributed by atoms with E-state index in [1.165, 1.54) is 0 Å². The van der Waals surface area contributed by atoms with Crippen molar-refractivity contribution in [3.05, 3.63) is 29.3 Å². The van der Waals surface area contributed by atoms with Gasteiger partial charge < -0.3 is 15.3 Å². The predicted octanol–water partition coefficient (Wildman–Crippen LogP) is 2.05. The lowest BCUT2D eigenvalue weighted by Crippen LogP contribution is -2.46. The largest absolute Gasteiger partial charge is 0.507 e. The van der Waals surface area contributed by atoms with Gasteiger partial charge in [0.15, 0.2) is 0 Å². The Labute approximate surface area is 127 Å². The minimum Gasteiger partial charge on any atom is -0.507 e. The molecule has 1 heterocycles. The van der Waals surface area contributed by atoms with E-state index < -0.39 is 0 Å². The van der Waals surface area contributed by atoms with Crippen molar-refractivity contribution in [3.63, 3.8) is 0 Å². The molecule has 1 amide bonds. The number of nitrogens with zero attached hydrogens (tertiary/aromatic N) is 1. The number of phenols is 1. The SMILES string of the molecule is CC(C)(C)c1cccc(CCC(=O)N2CCNCC2)c1O. The van der Waals surface area contributed by atoms with Crippen molar-refractivity contribution in [1.29, 1.82) is 0 Å². The summed E-state index contributed by atoms with van der Waals surface area (Å²) in [5, 5.41) is 13.7. The Bertz CT molecular complexity index is 500. The first kappa shape index (κ1) is 15.8. The summed E-state index contributed by atoms with van der Waals surface area (Å²) in [6, 6.07) is 5.83. The molecule has 4 nitrogen and oxygen atoms in total. The Kier molecular flexibility index (Phi) is 4.88. The molecule has 0 aliphatic carbocycles. The summed E-state index contributed by atoms with van der Waals surface area (Å²) in [6.07, 6.45) is 1.06. The first-order valence-corrected chi connectivity index (χ1v) is 7.69. The van der Waals surface area contributed by atoms with Gasteiger partial charge >= 0.3 is 0 Å². The molecule has 0 saturated carbocycles. The Morgan fingerprint density at radius 1 is 1.29 bits per heavy atom. The van der Waals surface area contributed by atoms with Gasteiger partial charge in [-0.2, -0.15) is 0 Å². The molecule has 4 heteroatoms. The van der Waals surface area contributed by atoms with E-state index in [1.807, 2.05) is 23.1 Å². The summed E-state index contributed by atoms with van der Waals surface area (Å²) in [5.74, 6) is 0.523. The lowest BCUT2D eigenvalue weighted by atomic mass is 9.85. The van der Waals surface area contributed by atoms with Crippen molar-refractivity contribution in [1.82, 2.24) is 10.2 Å². The normalized spacial score (nSPS) is 16.0. The van der Waals surface area contributed by atoms with Gasteiger partial charge in [-0.25, -0.2) is 0 Å². The number of nitrogens with one attached hydrogen (secondary N) is 1. The number of carbonyl (C=O) groups is 1. The van der Waals surface area contributed by atoms with Crippen molar-refractivity contribution in [2.75, 3.05) is 26.2 Å². The maximum absolute atomic E-state index is 12.2. The molecular weight excluding hydrogens is 264 g/mol. The first-order valence-electron chi connectivity index (χ1n) is 7.69. The number of hydrogen-bond acceptors (Lipinski definition) is 3. The molecule has 0 aromatic heterocycles. The first-order chi connectivity index (χ1) is 9.89. The van der Waals surface area contributed by atoms with Crippen LogP contribution >= 0.6 is 0 Å². The molecule has 116 valence electrons. The van der Waals surface area contributed by atoms with Crippen LogP contribution < -0.4 is 5.32 Å². The summed E-state index contributed by atoms with van der Waals surface area (Å²) < 4.78 is 0. The molecule has 2 N–H and O–H groups in total. The van der Waals surface area contributed by atoms with Crippen molar-refractivity contribution < 1.29 is 9.90 Å². The Balaban J connectivity index is 2.01. The van der Waals surface area contributed by atoms with Crippen LogP contribution in [0.25, 0.3) is 0 Å². The summed E-state index contributed by atoms with van der Waals surface area (Å²) in [6.45, 7) is 9.56. The molecule has 0 spiro atoms. The number of amides is 1. The van der Waals surface area contributed by atoms with Gasteiger partial charge in [-0.05, 0) is 23.0 Å². The Morgan fingerprint density at radius 2 is 1.95 bits per heavy atom. The summed E-state index contributed by atoms with van der Waals surface area (Å²) in [4.78, 5) is 14.1. The van der Waals surface area contributed by atoms with Crippen molar-refractivity contribution in [2.24, 2.45) is 0 Å². The van der Waals surface area contributed by atoms with Gasteiger partial charge in [0.2, 0.25) is 5.91 Å². The standard InChI is InChI=1S/C17H26N2O2/c1-17(2,3)14-6-4-5-13(16(14)21)7-8-15(20)19-11-9-18-10-12-19/h4-6,18,21H,7-12H2,1-3H3. The number of phenolic OH excluding ortho intramolecular Hbond substituents is 1. The van der Waals surface area contributed by atoms with Crippen molar-refractivity contribution in [3.8, 4) is 5.75 Å². The van der Waals surface area contributed by atoms with Crippen LogP contribution in [0, 0.1) is 0 Å². The second kappa shape index (κ2) is 6.48. The van der Waals surface area contributed by atoms with E-state index in [1.54, 1.807) is 0 Å². The van der Waals surface area contributed by atoms with E-state index in [4.69, 9.17) is 0 Å². The van der Waals surface area contributed by atoms with Gasteiger partial charge in [0.05, 0.1) is 0 Å². The van der Waals surface area contributed by atoms with Gasteiger partial charge in [-0.3, -0.25) is 4.79 Å². The number of hydrogen-bond donors (Lipinski definition) is 2. The molecule has 1 aliphatic rings. The smallest absolute Gasteiger partial charge is 0.222 e. The number of aromatic hydroxyl groups is 1. The molecule has 0 atom stereocenters. The fourth-order valence-electron chi connectivity index (χ4n) is 2.71. The fraction of sp³-hybridized carbons (Fsp3) is 0.588. The van der Waals surface area contributed by atoms with Gasteiger partial charge in [0, 0.05) is 32.6 Å². The van der Waals surface area contributed by atoms with Crippen molar-refractivity contribution >= 4 is 5.91 Å². The molecule has 0 unspecified atom stereocenters. The monoisotopic (exact) mass is 290 g/mol. The number of piperazine rings is 1. The zero-order valence-electron chi connectivity index (χ0n) is 13.3. The van der Waals surface area contributed by atoms with Crippen LogP contribution in [0.4, 0.5) is 0 Å². The van der Waals surface area contributed by atoms with Gasteiger partial charge in [-0.1, -0.05) is 39.0 Å². The average Bonchev–Trinajstić information content (AvgIpc) is 2.45. The van der Waals surface area contributed by atoms with E-state index in [0.717, 1.165) is 37.3 Å². The lowest BCUT2D eigenvalue weighted by molar-refractivity contribution is -0.131. The van der Waals surface area contributed by atoms with Crippen LogP contribution in [0.3, 0.4) is 0 Å². The van der Waals surface area contributed by atoms with Gasteiger partial charge in [-0.15, -0.1) is 0 Å². The van der Waals surface area contributed by atoms with E-state index in [-0.39, 0.29) is 11.3 Å². The summed E-state index contributed by atoms with van der Waals surface area (Å²) in [5.41, 5.74) is 1.71. The molecule has 1 saturated heterocycles. The summed E-state index contributed by atoms with van der Waals surface area (Å²) >= 11 is 0. The minimum atomic E-state index is -0.0946. The highest BCUT2D eigenvalue weighted by Crippen LogP contribution is 2.33. The number of aryl methyl sites for hydroxylation is 1. The quantitative estimate of drug-likeness (QED) is 0.896. The molecule has 0 bridgehead atoms. The Morgan fingerprint density at radius 3 is 2.57 bits per heavy atom. The fourth-order valence-corrected chi connectivity index (χ4v) is 2.71. The lowest BCUT2D eigenvalue weighted by Gasteiger charge is -2.27. The molecule has 1 aromatic carbocycles. The van der Waals surface area contributed by atoms with E-state index in [9.17, 15) is 9.90 Å². The second-order valence-corrected chi connectivity index (χ2v) is 6.69. The van der Waals surface area contributed by atoms with Crippen LogP contribution in [-0.4, -0.2) is 42.1 Å². The molecule has 2 rings (SSSR count). The number of benzene rings is 1. The van der Waals surface area contributed by atoms with Crippen LogP contribution in [0.15, 0.2) is 18.2 Å². The maximum atomic E-state index is 12.2. The third kappa shape index (κ3) is 3.97. The number of rotatable bonds is 3. The molecule has 21 heavy (non-hydrogen) atoms. The Hall–Kier alpha value is -1.55. The van der Waals surface area contributed by atoms with E-state index >= 15 is 0 Å². The zero-order chi connectivity index (χ0) is 15.5. The third-order valence-electron chi connectivity index (χ3n) is 4.01. The van der Waals surface area contributed by atoms with Crippen LogP contribution in [0.1, 0.15) is 38.3 Å². The van der Waals surface area contributed by atoms with Gasteiger partial charge in [0.1, 0.15) is 5.75 Å². The van der Waals surface area contributed by atoms with Crippen LogP contribution in [0.5, 0.6) is 5.75 Å². The average molecular weight is 290 g/mol. The molecule has 0 radical (unpaired) electrons. The molecule has 1 aliphatic heterocycles. The number of carbonyl (C=O) groups excluding carboxylic acids is 1. The highest BCUT2D eigenvalue weighted by molar-refractivity contribution is 5.76. The number of para-hydroxylation sites is 1. The second-order valence-electron chi connectivity index (χ2n) is 6.69. The highest BCUT2D eigenvalue weighted by Gasteiger charge is 2.21. The molecular formula is C17H26N2O2. The topological polar surface area (TPSA) is 52.6 Å². The predicted molar refractivity (Wildman–Crippen MR) is 84.6 cm³/mol. The maximum Gasteiger partial charge on any atom is 0.222 e. The van der Waals surface area contributed by atoms with E-state index in [0.29, 0.717) is 18.6 Å². The third-order valence-corrected chi connectivity index (χ3v) is 4.01. The highest BCUT2D eigenvalue weighted by atomic mass is 16.3. The molecule has 1 fully saturated rings. The summed E-state index contributed by atoms with van der Waals surface area (Å²) in [7, 11) is 0. The van der Waals surface area contributed by atoms with E-state index in [2.05, 4.69) is 26.1 Å². The minimum absolute atomic E-state index is 0.0946. The van der Waals surface area contributed by atoms with Crippen LogP contribution in [-0.2, 0) is 16.6 Å².